The third kappa shape index (κ3) is 3.79. The Morgan fingerprint density at radius 1 is 1.40 bits per heavy atom. The molecule has 1 atom stereocenters. The fourth-order valence-corrected chi connectivity index (χ4v) is 3.09. The van der Waals surface area contributed by atoms with E-state index in [0.29, 0.717) is 6.61 Å². The lowest BCUT2D eigenvalue weighted by Crippen LogP contribution is -2.26. The van der Waals surface area contributed by atoms with E-state index < -0.39 is 0 Å². The van der Waals surface area contributed by atoms with E-state index in [9.17, 15) is 0 Å². The van der Waals surface area contributed by atoms with Crippen LogP contribution in [0.5, 0.6) is 5.75 Å². The van der Waals surface area contributed by atoms with Gasteiger partial charge in [0.1, 0.15) is 10.8 Å². The summed E-state index contributed by atoms with van der Waals surface area (Å²) in [6.45, 7) is 1.41. The van der Waals surface area contributed by atoms with Crippen LogP contribution in [-0.2, 0) is 4.74 Å². The summed E-state index contributed by atoms with van der Waals surface area (Å²) in [7, 11) is 3.37. The van der Waals surface area contributed by atoms with Crippen LogP contribution in [0, 0.1) is 0 Å². The van der Waals surface area contributed by atoms with Crippen LogP contribution < -0.4 is 10.1 Å². The van der Waals surface area contributed by atoms with Crippen molar-refractivity contribution in [2.24, 2.45) is 0 Å². The Kier molecular flexibility index (Phi) is 5.97. The maximum Gasteiger partial charge on any atom is 0.119 e. The fraction of sp³-hybridized carbons (Fsp3) is 0.357. The fourth-order valence-electron chi connectivity index (χ4n) is 1.88. The number of nitrogens with one attached hydrogen (secondary N) is 1. The molecule has 0 fully saturated rings. The number of methoxy groups -OCH3 is 2. The van der Waals surface area contributed by atoms with Crippen molar-refractivity contribution in [1.82, 2.24) is 10.3 Å². The predicted octanol–water partition coefficient (Wildman–Crippen LogP) is 3.24. The topological polar surface area (TPSA) is 43.4 Å². The van der Waals surface area contributed by atoms with Crippen LogP contribution in [-0.4, -0.2) is 32.4 Å². The molecule has 1 heterocycles. The largest absolute Gasteiger partial charge is 0.497 e. The van der Waals surface area contributed by atoms with Gasteiger partial charge in [-0.05, 0) is 23.8 Å². The van der Waals surface area contributed by atoms with Gasteiger partial charge < -0.3 is 14.8 Å². The van der Waals surface area contributed by atoms with Gasteiger partial charge in [0.25, 0.3) is 0 Å². The molecule has 0 radical (unpaired) electrons. The summed E-state index contributed by atoms with van der Waals surface area (Å²) in [4.78, 5) is 4.42. The lowest BCUT2D eigenvalue weighted by Gasteiger charge is -2.19. The number of benzene rings is 1. The third-order valence-corrected chi connectivity index (χ3v) is 4.43. The van der Waals surface area contributed by atoms with Gasteiger partial charge in [-0.15, -0.1) is 11.3 Å². The van der Waals surface area contributed by atoms with Crippen LogP contribution >= 0.6 is 27.3 Å². The van der Waals surface area contributed by atoms with Crippen molar-refractivity contribution in [3.05, 3.63) is 44.8 Å². The Labute approximate surface area is 131 Å². The Balaban J connectivity index is 2.30. The number of ether oxygens (including phenoxy) is 2. The van der Waals surface area contributed by atoms with E-state index in [1.54, 1.807) is 25.6 Å². The van der Waals surface area contributed by atoms with E-state index >= 15 is 0 Å². The summed E-state index contributed by atoms with van der Waals surface area (Å²) >= 11 is 5.23. The second-order valence-electron chi connectivity index (χ2n) is 4.14. The molecule has 0 saturated carbocycles. The highest BCUT2D eigenvalue weighted by molar-refractivity contribution is 9.10. The summed E-state index contributed by atoms with van der Waals surface area (Å²) in [6.07, 6.45) is 1.82. The number of thiazole rings is 1. The van der Waals surface area contributed by atoms with E-state index in [1.807, 2.05) is 29.8 Å². The monoisotopic (exact) mass is 356 g/mol. The molecule has 0 bridgehead atoms. The van der Waals surface area contributed by atoms with Crippen LogP contribution in [0.25, 0.3) is 0 Å². The second kappa shape index (κ2) is 7.73. The average molecular weight is 357 g/mol. The predicted molar refractivity (Wildman–Crippen MR) is 84.5 cm³/mol. The van der Waals surface area contributed by atoms with Gasteiger partial charge in [0.2, 0.25) is 0 Å². The van der Waals surface area contributed by atoms with Crippen molar-refractivity contribution in [3.8, 4) is 5.75 Å². The lowest BCUT2D eigenvalue weighted by atomic mass is 10.1. The van der Waals surface area contributed by atoms with Crippen molar-refractivity contribution in [2.75, 3.05) is 27.4 Å². The van der Waals surface area contributed by atoms with Crippen LogP contribution in [0.15, 0.2) is 34.2 Å². The van der Waals surface area contributed by atoms with Crippen LogP contribution in [0.1, 0.15) is 16.6 Å². The smallest absolute Gasteiger partial charge is 0.119 e. The zero-order chi connectivity index (χ0) is 14.4. The van der Waals surface area contributed by atoms with E-state index in [2.05, 4.69) is 26.2 Å². The first kappa shape index (κ1) is 15.4. The molecule has 0 amide bonds. The minimum absolute atomic E-state index is 0.0228. The molecular formula is C14H17BrN2O2S. The first-order valence-corrected chi connectivity index (χ1v) is 7.88. The van der Waals surface area contributed by atoms with Crippen LogP contribution in [0.4, 0.5) is 0 Å². The highest BCUT2D eigenvalue weighted by Crippen LogP contribution is 2.32. The molecule has 6 heteroatoms. The molecule has 1 unspecified atom stereocenters. The number of hydrogen-bond donors (Lipinski definition) is 1. The van der Waals surface area contributed by atoms with Gasteiger partial charge in [-0.25, -0.2) is 4.98 Å². The van der Waals surface area contributed by atoms with Gasteiger partial charge in [0.15, 0.2) is 0 Å². The summed E-state index contributed by atoms with van der Waals surface area (Å²) in [5, 5.41) is 6.47. The van der Waals surface area contributed by atoms with Crippen molar-refractivity contribution in [3.63, 3.8) is 0 Å². The molecule has 0 spiro atoms. The first-order chi connectivity index (χ1) is 9.76. The van der Waals surface area contributed by atoms with Crippen molar-refractivity contribution >= 4 is 27.3 Å². The number of halogens is 1. The van der Waals surface area contributed by atoms with Crippen LogP contribution in [0.3, 0.4) is 0 Å². The molecule has 0 aliphatic rings. The van der Waals surface area contributed by atoms with E-state index in [0.717, 1.165) is 27.3 Å². The number of nitrogens with zero attached hydrogens (tertiary/aromatic N) is 1. The zero-order valence-electron chi connectivity index (χ0n) is 11.4. The summed E-state index contributed by atoms with van der Waals surface area (Å²) in [6, 6.07) is 5.97. The van der Waals surface area contributed by atoms with Gasteiger partial charge in [-0.2, -0.15) is 0 Å². The highest BCUT2D eigenvalue weighted by atomic mass is 79.9. The molecule has 1 aromatic carbocycles. The molecule has 0 aliphatic carbocycles. The normalized spacial score (nSPS) is 12.3. The first-order valence-electron chi connectivity index (χ1n) is 6.21. The lowest BCUT2D eigenvalue weighted by molar-refractivity contribution is 0.197. The average Bonchev–Trinajstić information content (AvgIpc) is 2.99. The number of rotatable bonds is 7. The Bertz CT molecular complexity index is 534. The Morgan fingerprint density at radius 2 is 2.25 bits per heavy atom. The van der Waals surface area contributed by atoms with E-state index in [1.165, 1.54) is 0 Å². The highest BCUT2D eigenvalue weighted by Gasteiger charge is 2.19. The van der Waals surface area contributed by atoms with E-state index in [-0.39, 0.29) is 6.04 Å². The SMILES string of the molecule is COCCNC(c1nccs1)c1cc(OC)ccc1Br. The van der Waals surface area contributed by atoms with Crippen molar-refractivity contribution in [1.29, 1.82) is 0 Å². The number of hydrogen-bond acceptors (Lipinski definition) is 5. The second-order valence-corrected chi connectivity index (χ2v) is 5.92. The minimum atomic E-state index is 0.0228. The quantitative estimate of drug-likeness (QED) is 0.773. The van der Waals surface area contributed by atoms with Gasteiger partial charge >= 0.3 is 0 Å². The zero-order valence-corrected chi connectivity index (χ0v) is 13.8. The molecule has 0 aliphatic heterocycles. The number of aromatic nitrogens is 1. The molecule has 108 valence electrons. The Morgan fingerprint density at radius 3 is 2.90 bits per heavy atom. The standard InChI is InChI=1S/C14H17BrN2O2S/c1-18-7-5-16-13(14-17-6-8-20-14)11-9-10(19-2)3-4-12(11)15/h3-4,6,8-9,13,16H,5,7H2,1-2H3. The van der Waals surface area contributed by atoms with E-state index in [4.69, 9.17) is 9.47 Å². The van der Waals surface area contributed by atoms with Crippen LogP contribution in [0.2, 0.25) is 0 Å². The molecule has 4 nitrogen and oxygen atoms in total. The van der Waals surface area contributed by atoms with Crippen molar-refractivity contribution < 1.29 is 9.47 Å². The summed E-state index contributed by atoms with van der Waals surface area (Å²) < 4.78 is 11.4. The maximum atomic E-state index is 5.31. The molecule has 0 saturated heterocycles. The van der Waals surface area contributed by atoms with Gasteiger partial charge in [-0.3, -0.25) is 0 Å². The summed E-state index contributed by atoms with van der Waals surface area (Å²) in [5.74, 6) is 0.832. The molecule has 2 aromatic rings. The molecular weight excluding hydrogens is 340 g/mol. The Hall–Kier alpha value is -0.950. The van der Waals surface area contributed by atoms with Gasteiger partial charge in [0.05, 0.1) is 19.8 Å². The summed E-state index contributed by atoms with van der Waals surface area (Å²) in [5.41, 5.74) is 1.11. The molecule has 2 rings (SSSR count). The molecule has 20 heavy (non-hydrogen) atoms. The van der Waals surface area contributed by atoms with Gasteiger partial charge in [0, 0.05) is 29.7 Å². The minimum Gasteiger partial charge on any atom is -0.497 e. The molecule has 1 aromatic heterocycles. The van der Waals surface area contributed by atoms with Gasteiger partial charge in [-0.1, -0.05) is 15.9 Å². The van der Waals surface area contributed by atoms with Crippen molar-refractivity contribution in [2.45, 2.75) is 6.04 Å². The third-order valence-electron chi connectivity index (χ3n) is 2.87. The molecule has 1 N–H and O–H groups in total. The maximum absolute atomic E-state index is 5.31.